The van der Waals surface area contributed by atoms with Crippen LogP contribution in [0.2, 0.25) is 0 Å². The standard InChI is InChI=1S/C14H17NO5/c1-9-10(8-16)5-4-6-11(9)15-12(14(18)20-3)7-13(17)19-2/h4-7,15-16H,8H2,1-3H3/b12-7+. The molecule has 0 aliphatic carbocycles. The van der Waals surface area contributed by atoms with Crippen LogP contribution in [0, 0.1) is 6.92 Å². The molecule has 0 aliphatic rings. The lowest BCUT2D eigenvalue weighted by Crippen LogP contribution is -2.16. The third-order valence-electron chi connectivity index (χ3n) is 2.75. The van der Waals surface area contributed by atoms with E-state index in [9.17, 15) is 14.7 Å². The van der Waals surface area contributed by atoms with E-state index in [1.165, 1.54) is 14.2 Å². The average molecular weight is 279 g/mol. The van der Waals surface area contributed by atoms with Gasteiger partial charge in [-0.15, -0.1) is 0 Å². The maximum absolute atomic E-state index is 11.6. The van der Waals surface area contributed by atoms with Gasteiger partial charge in [-0.25, -0.2) is 9.59 Å². The molecule has 0 unspecified atom stereocenters. The fraction of sp³-hybridized carbons (Fsp3) is 0.286. The van der Waals surface area contributed by atoms with E-state index in [-0.39, 0.29) is 12.3 Å². The second-order valence-electron chi connectivity index (χ2n) is 3.95. The number of benzene rings is 1. The molecule has 0 aromatic heterocycles. The van der Waals surface area contributed by atoms with Gasteiger partial charge >= 0.3 is 11.9 Å². The molecule has 0 bridgehead atoms. The minimum absolute atomic E-state index is 0.0439. The Morgan fingerprint density at radius 1 is 1.30 bits per heavy atom. The van der Waals surface area contributed by atoms with Gasteiger partial charge in [-0.3, -0.25) is 0 Å². The Hall–Kier alpha value is -2.34. The lowest BCUT2D eigenvalue weighted by molar-refractivity contribution is -0.138. The molecule has 0 saturated heterocycles. The number of aliphatic hydroxyl groups is 1. The molecule has 1 aromatic rings. The van der Waals surface area contributed by atoms with Crippen molar-refractivity contribution < 1.29 is 24.2 Å². The molecule has 108 valence electrons. The molecule has 0 heterocycles. The normalized spacial score (nSPS) is 10.9. The first-order valence-electron chi connectivity index (χ1n) is 5.87. The molecule has 0 radical (unpaired) electrons. The monoisotopic (exact) mass is 279 g/mol. The van der Waals surface area contributed by atoms with Crippen LogP contribution >= 0.6 is 0 Å². The van der Waals surface area contributed by atoms with E-state index >= 15 is 0 Å². The summed E-state index contributed by atoms with van der Waals surface area (Å²) in [7, 11) is 2.43. The topological polar surface area (TPSA) is 84.9 Å². The molecular formula is C14H17NO5. The summed E-state index contributed by atoms with van der Waals surface area (Å²) in [5, 5.41) is 12.0. The maximum Gasteiger partial charge on any atom is 0.354 e. The molecule has 1 rings (SSSR count). The number of rotatable bonds is 5. The highest BCUT2D eigenvalue weighted by molar-refractivity contribution is 5.98. The van der Waals surface area contributed by atoms with Gasteiger partial charge in [0, 0.05) is 5.69 Å². The summed E-state index contributed by atoms with van der Waals surface area (Å²) in [6.07, 6.45) is 1.01. The van der Waals surface area contributed by atoms with Crippen LogP contribution in [0.3, 0.4) is 0 Å². The fourth-order valence-electron chi connectivity index (χ4n) is 1.57. The lowest BCUT2D eigenvalue weighted by Gasteiger charge is -2.13. The largest absolute Gasteiger partial charge is 0.466 e. The zero-order valence-electron chi connectivity index (χ0n) is 11.6. The molecule has 2 N–H and O–H groups in total. The van der Waals surface area contributed by atoms with Crippen molar-refractivity contribution in [1.82, 2.24) is 0 Å². The number of nitrogens with one attached hydrogen (secondary N) is 1. The number of carbonyl (C=O) groups excluding carboxylic acids is 2. The maximum atomic E-state index is 11.6. The number of aliphatic hydroxyl groups excluding tert-OH is 1. The van der Waals surface area contributed by atoms with E-state index in [1.54, 1.807) is 25.1 Å². The van der Waals surface area contributed by atoms with E-state index < -0.39 is 11.9 Å². The highest BCUT2D eigenvalue weighted by Gasteiger charge is 2.14. The highest BCUT2D eigenvalue weighted by atomic mass is 16.5. The summed E-state index contributed by atoms with van der Waals surface area (Å²) < 4.78 is 9.08. The molecule has 0 amide bonds. The first kappa shape index (κ1) is 15.7. The van der Waals surface area contributed by atoms with Gasteiger partial charge in [0.2, 0.25) is 0 Å². The summed E-state index contributed by atoms with van der Waals surface area (Å²) in [6, 6.07) is 5.22. The van der Waals surface area contributed by atoms with Crippen molar-refractivity contribution in [2.45, 2.75) is 13.5 Å². The van der Waals surface area contributed by atoms with Crippen LogP contribution in [0.25, 0.3) is 0 Å². The molecular weight excluding hydrogens is 262 g/mol. The van der Waals surface area contributed by atoms with Crippen molar-refractivity contribution in [3.8, 4) is 0 Å². The molecule has 0 atom stereocenters. The minimum Gasteiger partial charge on any atom is -0.466 e. The van der Waals surface area contributed by atoms with E-state index in [0.717, 1.165) is 17.2 Å². The predicted octanol–water partition coefficient (Wildman–Crippen LogP) is 1.13. The van der Waals surface area contributed by atoms with E-state index in [2.05, 4.69) is 14.8 Å². The average Bonchev–Trinajstić information content (AvgIpc) is 2.47. The molecule has 0 saturated carbocycles. The Bertz CT molecular complexity index is 536. The van der Waals surface area contributed by atoms with E-state index in [1.807, 2.05) is 0 Å². The van der Waals surface area contributed by atoms with Crippen LogP contribution < -0.4 is 5.32 Å². The smallest absolute Gasteiger partial charge is 0.354 e. The van der Waals surface area contributed by atoms with Crippen molar-refractivity contribution in [3.63, 3.8) is 0 Å². The highest BCUT2D eigenvalue weighted by Crippen LogP contribution is 2.20. The van der Waals surface area contributed by atoms with Gasteiger partial charge in [-0.2, -0.15) is 0 Å². The van der Waals surface area contributed by atoms with Gasteiger partial charge in [0.15, 0.2) is 0 Å². The Balaban J connectivity index is 3.11. The van der Waals surface area contributed by atoms with Crippen molar-refractivity contribution in [2.75, 3.05) is 19.5 Å². The second-order valence-corrected chi connectivity index (χ2v) is 3.95. The summed E-state index contributed by atoms with van der Waals surface area (Å²) in [4.78, 5) is 22.9. The first-order valence-corrected chi connectivity index (χ1v) is 5.87. The van der Waals surface area contributed by atoms with Crippen LogP contribution in [-0.2, 0) is 25.7 Å². The summed E-state index contributed by atoms with van der Waals surface area (Å²) in [5.74, 6) is -1.36. The van der Waals surface area contributed by atoms with Crippen molar-refractivity contribution in [1.29, 1.82) is 0 Å². The summed E-state index contributed by atoms with van der Waals surface area (Å²) in [5.41, 5.74) is 2.04. The van der Waals surface area contributed by atoms with Gasteiger partial charge < -0.3 is 19.9 Å². The Morgan fingerprint density at radius 2 is 2.00 bits per heavy atom. The number of hydrogen-bond acceptors (Lipinski definition) is 6. The third kappa shape index (κ3) is 3.83. The lowest BCUT2D eigenvalue weighted by atomic mass is 10.1. The molecule has 6 heteroatoms. The van der Waals surface area contributed by atoms with Crippen LogP contribution in [0.4, 0.5) is 5.69 Å². The molecule has 0 spiro atoms. The zero-order chi connectivity index (χ0) is 15.1. The van der Waals surface area contributed by atoms with Crippen molar-refractivity contribution in [3.05, 3.63) is 41.1 Å². The fourth-order valence-corrected chi connectivity index (χ4v) is 1.57. The summed E-state index contributed by atoms with van der Waals surface area (Å²) >= 11 is 0. The summed E-state index contributed by atoms with van der Waals surface area (Å²) in [6.45, 7) is 1.68. The van der Waals surface area contributed by atoms with Crippen LogP contribution in [0.5, 0.6) is 0 Å². The molecule has 6 nitrogen and oxygen atoms in total. The van der Waals surface area contributed by atoms with Crippen LogP contribution in [0.1, 0.15) is 11.1 Å². The predicted molar refractivity (Wildman–Crippen MR) is 72.8 cm³/mol. The van der Waals surface area contributed by atoms with Crippen molar-refractivity contribution >= 4 is 17.6 Å². The number of hydrogen-bond donors (Lipinski definition) is 2. The number of esters is 2. The van der Waals surface area contributed by atoms with Crippen LogP contribution in [0.15, 0.2) is 30.0 Å². The molecule has 0 fully saturated rings. The van der Waals surface area contributed by atoms with Gasteiger partial charge in [-0.05, 0) is 24.1 Å². The van der Waals surface area contributed by atoms with Gasteiger partial charge in [0.05, 0.1) is 26.9 Å². The zero-order valence-corrected chi connectivity index (χ0v) is 11.6. The third-order valence-corrected chi connectivity index (χ3v) is 2.75. The Labute approximate surface area is 117 Å². The van der Waals surface area contributed by atoms with E-state index in [0.29, 0.717) is 5.69 Å². The molecule has 1 aromatic carbocycles. The van der Waals surface area contributed by atoms with Gasteiger partial charge in [0.25, 0.3) is 0 Å². The number of carbonyl (C=O) groups is 2. The van der Waals surface area contributed by atoms with Gasteiger partial charge in [0.1, 0.15) is 5.70 Å². The molecule has 20 heavy (non-hydrogen) atoms. The number of methoxy groups -OCH3 is 2. The SMILES string of the molecule is COC(=O)/C=C(/Nc1cccc(CO)c1C)C(=O)OC. The molecule has 0 aliphatic heterocycles. The second kappa shape index (κ2) is 7.30. The van der Waals surface area contributed by atoms with Crippen molar-refractivity contribution in [2.24, 2.45) is 0 Å². The van der Waals surface area contributed by atoms with Gasteiger partial charge in [-0.1, -0.05) is 12.1 Å². The van der Waals surface area contributed by atoms with Crippen LogP contribution in [-0.4, -0.2) is 31.3 Å². The first-order chi connectivity index (χ1) is 9.53. The quantitative estimate of drug-likeness (QED) is 0.621. The van der Waals surface area contributed by atoms with E-state index in [4.69, 9.17) is 0 Å². The number of ether oxygens (including phenoxy) is 2. The Kier molecular flexibility index (Phi) is 5.74. The Morgan fingerprint density at radius 3 is 2.55 bits per heavy atom. The minimum atomic E-state index is -0.691. The number of anilines is 1.